The average Bonchev–Trinajstić information content (AvgIpc) is 3.07. The van der Waals surface area contributed by atoms with E-state index in [0.29, 0.717) is 38.6 Å². The van der Waals surface area contributed by atoms with Crippen LogP contribution in [0.1, 0.15) is 22.8 Å². The van der Waals surface area contributed by atoms with E-state index >= 15 is 0 Å². The maximum atomic E-state index is 13.2. The number of H-pyrrole nitrogens is 1. The lowest BCUT2D eigenvalue weighted by molar-refractivity contribution is -0.121. The van der Waals surface area contributed by atoms with Crippen LogP contribution >= 0.6 is 23.2 Å². The summed E-state index contributed by atoms with van der Waals surface area (Å²) in [5, 5.41) is 7.32. The monoisotopic (exact) mass is 418 g/mol. The van der Waals surface area contributed by atoms with Gasteiger partial charge in [-0.15, -0.1) is 0 Å². The van der Waals surface area contributed by atoms with E-state index in [1.54, 1.807) is 25.3 Å². The highest BCUT2D eigenvalue weighted by Gasteiger charge is 2.39. The topological polar surface area (TPSA) is 96.1 Å². The molecule has 1 atom stereocenters. The zero-order valence-corrected chi connectivity index (χ0v) is 16.5. The first kappa shape index (κ1) is 18.7. The number of aromatic nitrogens is 2. The van der Waals surface area contributed by atoms with Crippen molar-refractivity contribution in [2.45, 2.75) is 12.5 Å². The van der Waals surface area contributed by atoms with Gasteiger partial charge in [0.25, 0.3) is 5.91 Å². The summed E-state index contributed by atoms with van der Waals surface area (Å²) < 4.78 is 5.19. The predicted molar refractivity (Wildman–Crippen MR) is 109 cm³/mol. The molecule has 1 aliphatic rings. The number of hydrogen-bond acceptors (Lipinski definition) is 5. The van der Waals surface area contributed by atoms with E-state index in [-0.39, 0.29) is 23.3 Å². The van der Waals surface area contributed by atoms with Crippen molar-refractivity contribution in [1.29, 1.82) is 0 Å². The van der Waals surface area contributed by atoms with Crippen LogP contribution in [-0.4, -0.2) is 40.9 Å². The summed E-state index contributed by atoms with van der Waals surface area (Å²) in [6, 6.07) is 4.71. The number of halogens is 2. The molecule has 1 aliphatic heterocycles. The molecule has 3 aromatic rings. The molecule has 0 fully saturated rings. The van der Waals surface area contributed by atoms with E-state index < -0.39 is 5.54 Å². The Labute approximate surface area is 170 Å². The minimum absolute atomic E-state index is 0.152. The second-order valence-electron chi connectivity index (χ2n) is 6.77. The number of amides is 1. The molecular formula is C19H16Cl2N4O3. The van der Waals surface area contributed by atoms with Crippen molar-refractivity contribution in [3.8, 4) is 0 Å². The third-order valence-corrected chi connectivity index (χ3v) is 5.25. The zero-order valence-electron chi connectivity index (χ0n) is 15.0. The van der Waals surface area contributed by atoms with Gasteiger partial charge in [0.2, 0.25) is 0 Å². The number of pyridine rings is 1. The summed E-state index contributed by atoms with van der Waals surface area (Å²) in [5.41, 5.74) is 1.30. The van der Waals surface area contributed by atoms with Crippen LogP contribution in [0.3, 0.4) is 0 Å². The number of ketones is 1. The summed E-state index contributed by atoms with van der Waals surface area (Å²) in [5.74, 6) is -0.526. The van der Waals surface area contributed by atoms with Crippen LogP contribution in [-0.2, 0) is 9.53 Å². The number of carbonyl (C=O) groups is 2. The van der Waals surface area contributed by atoms with Crippen LogP contribution in [0.15, 0.2) is 30.6 Å². The molecule has 28 heavy (non-hydrogen) atoms. The van der Waals surface area contributed by atoms with E-state index in [1.807, 2.05) is 0 Å². The average molecular weight is 419 g/mol. The first-order valence-electron chi connectivity index (χ1n) is 8.42. The minimum Gasteiger partial charge on any atom is -0.382 e. The van der Waals surface area contributed by atoms with Gasteiger partial charge in [0, 0.05) is 23.9 Å². The van der Waals surface area contributed by atoms with E-state index in [9.17, 15) is 9.59 Å². The van der Waals surface area contributed by atoms with Crippen molar-refractivity contribution >= 4 is 57.3 Å². The number of fused-ring (bicyclic) bond motifs is 3. The second-order valence-corrected chi connectivity index (χ2v) is 7.61. The Balaban J connectivity index is 1.88. The molecule has 144 valence electrons. The third-order valence-electron chi connectivity index (χ3n) is 4.71. The Kier molecular flexibility index (Phi) is 4.53. The number of ether oxygens (including phenoxy) is 1. The Morgan fingerprint density at radius 3 is 2.79 bits per heavy atom. The highest BCUT2D eigenvalue weighted by Crippen LogP contribution is 2.39. The lowest BCUT2D eigenvalue weighted by Gasteiger charge is -2.35. The number of methoxy groups -OCH3 is 1. The summed E-state index contributed by atoms with van der Waals surface area (Å²) in [4.78, 5) is 33.0. The first-order valence-corrected chi connectivity index (χ1v) is 9.18. The molecule has 9 heteroatoms. The van der Waals surface area contributed by atoms with Crippen LogP contribution in [0.2, 0.25) is 10.0 Å². The Morgan fingerprint density at radius 2 is 2.07 bits per heavy atom. The van der Waals surface area contributed by atoms with E-state index in [0.717, 1.165) is 0 Å². The SMILES string of the molecule is COC[C@]1(C)Nc2c(cnc3[nH]cc(C(=O)c4ccc(Cl)cc4Cl)c23)NC1=O. The molecule has 0 saturated carbocycles. The van der Waals surface area contributed by atoms with Gasteiger partial charge in [0.05, 0.1) is 40.2 Å². The van der Waals surface area contributed by atoms with Crippen molar-refractivity contribution in [2.24, 2.45) is 0 Å². The second kappa shape index (κ2) is 6.77. The molecule has 0 saturated heterocycles. The fourth-order valence-electron chi connectivity index (χ4n) is 3.30. The van der Waals surface area contributed by atoms with Gasteiger partial charge in [0.1, 0.15) is 11.2 Å². The molecule has 1 aromatic carbocycles. The molecule has 0 bridgehead atoms. The van der Waals surface area contributed by atoms with Crippen molar-refractivity contribution in [1.82, 2.24) is 9.97 Å². The molecule has 2 aromatic heterocycles. The van der Waals surface area contributed by atoms with Crippen LogP contribution in [0.5, 0.6) is 0 Å². The minimum atomic E-state index is -0.995. The molecule has 0 radical (unpaired) electrons. The van der Waals surface area contributed by atoms with Gasteiger partial charge in [-0.05, 0) is 25.1 Å². The van der Waals surface area contributed by atoms with Crippen LogP contribution in [0, 0.1) is 0 Å². The molecule has 7 nitrogen and oxygen atoms in total. The highest BCUT2D eigenvalue weighted by atomic mass is 35.5. The largest absolute Gasteiger partial charge is 0.382 e. The fraction of sp³-hybridized carbons (Fsp3) is 0.211. The third kappa shape index (κ3) is 2.92. The molecule has 1 amide bonds. The normalized spacial score (nSPS) is 18.5. The first-order chi connectivity index (χ1) is 13.3. The van der Waals surface area contributed by atoms with Crippen molar-refractivity contribution in [3.63, 3.8) is 0 Å². The Bertz CT molecular complexity index is 1130. The maximum Gasteiger partial charge on any atom is 0.252 e. The number of nitrogens with one attached hydrogen (secondary N) is 3. The summed E-state index contributed by atoms with van der Waals surface area (Å²) in [7, 11) is 1.52. The predicted octanol–water partition coefficient (Wildman–Crippen LogP) is 3.87. The van der Waals surface area contributed by atoms with Gasteiger partial charge >= 0.3 is 0 Å². The number of benzene rings is 1. The van der Waals surface area contributed by atoms with Gasteiger partial charge in [0.15, 0.2) is 5.78 Å². The lowest BCUT2D eigenvalue weighted by Crippen LogP contribution is -2.53. The zero-order chi connectivity index (χ0) is 20.1. The molecule has 4 rings (SSSR count). The Hall–Kier alpha value is -2.61. The van der Waals surface area contributed by atoms with Gasteiger partial charge < -0.3 is 20.4 Å². The van der Waals surface area contributed by atoms with Gasteiger partial charge in [-0.2, -0.15) is 0 Å². The van der Waals surface area contributed by atoms with Crippen molar-refractivity contribution in [2.75, 3.05) is 24.4 Å². The van der Waals surface area contributed by atoms with Gasteiger partial charge in [-0.1, -0.05) is 23.2 Å². The maximum absolute atomic E-state index is 13.2. The summed E-state index contributed by atoms with van der Waals surface area (Å²) in [6.45, 7) is 1.88. The van der Waals surface area contributed by atoms with E-state index in [2.05, 4.69) is 20.6 Å². The Morgan fingerprint density at radius 1 is 1.29 bits per heavy atom. The number of nitrogens with zero attached hydrogens (tertiary/aromatic N) is 1. The molecule has 0 aliphatic carbocycles. The summed E-state index contributed by atoms with van der Waals surface area (Å²) in [6.07, 6.45) is 3.12. The summed E-state index contributed by atoms with van der Waals surface area (Å²) >= 11 is 12.2. The van der Waals surface area contributed by atoms with Crippen LogP contribution in [0.25, 0.3) is 11.0 Å². The molecule has 0 unspecified atom stereocenters. The fourth-order valence-corrected chi connectivity index (χ4v) is 3.80. The smallest absolute Gasteiger partial charge is 0.252 e. The van der Waals surface area contributed by atoms with Crippen molar-refractivity contribution < 1.29 is 14.3 Å². The standard InChI is InChI=1S/C19H16Cl2N4O3/c1-19(8-28-2)18(27)24-13-7-23-17-14(15(13)25-19)11(6-22-17)16(26)10-4-3-9(20)5-12(10)21/h3-7,25H,8H2,1-2H3,(H,22,23)(H,24,27)/t19-/m0/s1. The quantitative estimate of drug-likeness (QED) is 0.558. The van der Waals surface area contributed by atoms with Gasteiger partial charge in [-0.3, -0.25) is 9.59 Å². The highest BCUT2D eigenvalue weighted by molar-refractivity contribution is 6.38. The molecule has 0 spiro atoms. The van der Waals surface area contributed by atoms with Gasteiger partial charge in [-0.25, -0.2) is 4.98 Å². The number of rotatable bonds is 4. The molecule has 3 N–H and O–H groups in total. The number of aromatic amines is 1. The number of carbonyl (C=O) groups excluding carboxylic acids is 2. The van der Waals surface area contributed by atoms with Crippen LogP contribution < -0.4 is 10.6 Å². The number of anilines is 2. The molecule has 3 heterocycles. The van der Waals surface area contributed by atoms with Crippen molar-refractivity contribution in [3.05, 3.63) is 51.8 Å². The van der Waals surface area contributed by atoms with Crippen LogP contribution in [0.4, 0.5) is 11.4 Å². The lowest BCUT2D eigenvalue weighted by atomic mass is 9.96. The van der Waals surface area contributed by atoms with E-state index in [4.69, 9.17) is 27.9 Å². The molecular weight excluding hydrogens is 403 g/mol. The number of hydrogen-bond donors (Lipinski definition) is 3. The van der Waals surface area contributed by atoms with E-state index in [1.165, 1.54) is 19.4 Å².